The van der Waals surface area contributed by atoms with Gasteiger partial charge in [0.15, 0.2) is 0 Å². The number of hydrogen-bond donors (Lipinski definition) is 0. The maximum absolute atomic E-state index is 13.6. The highest BCUT2D eigenvalue weighted by atomic mass is 127. The van der Waals surface area contributed by atoms with E-state index in [2.05, 4.69) is 41.6 Å². The van der Waals surface area contributed by atoms with Crippen molar-refractivity contribution >= 4 is 22.9 Å². The van der Waals surface area contributed by atoms with E-state index in [1.165, 1.54) is 0 Å². The first-order valence-corrected chi connectivity index (χ1v) is 5.94. The van der Waals surface area contributed by atoms with Gasteiger partial charge in [-0.2, -0.15) is 0 Å². The zero-order chi connectivity index (χ0) is 9.84. The summed E-state index contributed by atoms with van der Waals surface area (Å²) in [7, 11) is 0. The SMILES string of the molecule is CCN(CC)C1CCN(I)CC1F. The molecule has 1 saturated heterocycles. The lowest BCUT2D eigenvalue weighted by atomic mass is 10.0. The van der Waals surface area contributed by atoms with Crippen LogP contribution in [0.3, 0.4) is 0 Å². The molecule has 13 heavy (non-hydrogen) atoms. The van der Waals surface area contributed by atoms with E-state index < -0.39 is 6.17 Å². The molecule has 1 aliphatic heterocycles. The Hall–Kier alpha value is 0.580. The van der Waals surface area contributed by atoms with Gasteiger partial charge in [0.1, 0.15) is 6.17 Å². The third-order valence-corrected chi connectivity index (χ3v) is 3.62. The van der Waals surface area contributed by atoms with E-state index in [4.69, 9.17) is 0 Å². The van der Waals surface area contributed by atoms with Crippen LogP contribution < -0.4 is 0 Å². The van der Waals surface area contributed by atoms with Crippen molar-refractivity contribution in [1.82, 2.24) is 8.01 Å². The number of alkyl halides is 1. The molecule has 0 spiro atoms. The molecule has 0 aromatic carbocycles. The molecule has 2 atom stereocenters. The Kier molecular flexibility index (Phi) is 4.89. The largest absolute Gasteiger partial charge is 0.298 e. The third kappa shape index (κ3) is 3.02. The van der Waals surface area contributed by atoms with Gasteiger partial charge in [0, 0.05) is 42.0 Å². The smallest absolute Gasteiger partial charge is 0.129 e. The predicted octanol–water partition coefficient (Wildman–Crippen LogP) is 2.09. The molecule has 0 saturated carbocycles. The summed E-state index contributed by atoms with van der Waals surface area (Å²) in [6, 6.07) is 0.154. The summed E-state index contributed by atoms with van der Waals surface area (Å²) in [5, 5.41) is 0. The van der Waals surface area contributed by atoms with Crippen LogP contribution in [0, 0.1) is 0 Å². The first-order chi connectivity index (χ1) is 6.19. The minimum absolute atomic E-state index is 0.154. The fourth-order valence-corrected chi connectivity index (χ4v) is 2.61. The van der Waals surface area contributed by atoms with Crippen molar-refractivity contribution in [2.75, 3.05) is 26.2 Å². The Labute approximate surface area is 94.0 Å². The molecule has 4 heteroatoms. The Bertz CT molecular complexity index is 153. The van der Waals surface area contributed by atoms with Gasteiger partial charge in [0.2, 0.25) is 0 Å². The van der Waals surface area contributed by atoms with Gasteiger partial charge < -0.3 is 0 Å². The van der Waals surface area contributed by atoms with E-state index in [9.17, 15) is 4.39 Å². The van der Waals surface area contributed by atoms with Gasteiger partial charge >= 0.3 is 0 Å². The molecule has 0 N–H and O–H groups in total. The first kappa shape index (κ1) is 11.7. The van der Waals surface area contributed by atoms with Crippen molar-refractivity contribution in [2.45, 2.75) is 32.5 Å². The van der Waals surface area contributed by atoms with Gasteiger partial charge in [0.25, 0.3) is 0 Å². The van der Waals surface area contributed by atoms with Gasteiger partial charge in [0.05, 0.1) is 0 Å². The van der Waals surface area contributed by atoms with Crippen LogP contribution in [0.4, 0.5) is 4.39 Å². The highest BCUT2D eigenvalue weighted by Crippen LogP contribution is 2.21. The quantitative estimate of drug-likeness (QED) is 0.582. The summed E-state index contributed by atoms with van der Waals surface area (Å²) in [5.41, 5.74) is 0. The number of rotatable bonds is 3. The van der Waals surface area contributed by atoms with Crippen LogP contribution >= 0.6 is 22.9 Å². The molecule has 78 valence electrons. The fraction of sp³-hybridized carbons (Fsp3) is 1.00. The van der Waals surface area contributed by atoms with E-state index in [1.807, 2.05) is 3.11 Å². The summed E-state index contributed by atoms with van der Waals surface area (Å²) in [6.45, 7) is 7.73. The van der Waals surface area contributed by atoms with Crippen molar-refractivity contribution in [3.63, 3.8) is 0 Å². The van der Waals surface area contributed by atoms with Gasteiger partial charge in [-0.3, -0.25) is 4.90 Å². The van der Waals surface area contributed by atoms with Crippen molar-refractivity contribution in [1.29, 1.82) is 0 Å². The first-order valence-electron chi connectivity index (χ1n) is 4.97. The summed E-state index contributed by atoms with van der Waals surface area (Å²) in [5.74, 6) is 0. The minimum Gasteiger partial charge on any atom is -0.298 e. The standard InChI is InChI=1S/C9H18FIN2/c1-3-12(4-2)9-5-6-13(11)7-8(9)10/h8-9H,3-7H2,1-2H3. The molecule has 1 aliphatic rings. The van der Waals surface area contributed by atoms with Gasteiger partial charge in [-0.05, 0) is 19.5 Å². The molecule has 2 nitrogen and oxygen atoms in total. The van der Waals surface area contributed by atoms with Crippen LogP contribution in [0.15, 0.2) is 0 Å². The third-order valence-electron chi connectivity index (χ3n) is 2.74. The van der Waals surface area contributed by atoms with Gasteiger partial charge in [-0.1, -0.05) is 13.8 Å². The Morgan fingerprint density at radius 1 is 1.46 bits per heavy atom. The second kappa shape index (κ2) is 5.46. The topological polar surface area (TPSA) is 6.48 Å². The van der Waals surface area contributed by atoms with Gasteiger partial charge in [-0.15, -0.1) is 0 Å². The molecule has 1 rings (SSSR count). The van der Waals surface area contributed by atoms with E-state index in [1.54, 1.807) is 0 Å². The second-order valence-corrected chi connectivity index (χ2v) is 4.83. The molecular weight excluding hydrogens is 282 g/mol. The molecule has 0 amide bonds. The Morgan fingerprint density at radius 2 is 2.08 bits per heavy atom. The Balaban J connectivity index is 2.49. The van der Waals surface area contributed by atoms with Crippen molar-refractivity contribution in [3.05, 3.63) is 0 Å². The average molecular weight is 300 g/mol. The predicted molar refractivity (Wildman–Crippen MR) is 61.8 cm³/mol. The monoisotopic (exact) mass is 300 g/mol. The van der Waals surface area contributed by atoms with Crippen LogP contribution in [-0.2, 0) is 0 Å². The lowest BCUT2D eigenvalue weighted by molar-refractivity contribution is 0.0749. The molecule has 0 aromatic heterocycles. The van der Waals surface area contributed by atoms with Crippen molar-refractivity contribution in [3.8, 4) is 0 Å². The summed E-state index contributed by atoms with van der Waals surface area (Å²) >= 11 is 2.20. The zero-order valence-corrected chi connectivity index (χ0v) is 10.5. The van der Waals surface area contributed by atoms with Crippen LogP contribution in [-0.4, -0.2) is 46.4 Å². The van der Waals surface area contributed by atoms with Gasteiger partial charge in [-0.25, -0.2) is 7.50 Å². The Morgan fingerprint density at radius 3 is 2.54 bits per heavy atom. The number of halogens is 2. The normalized spacial score (nSPS) is 31.2. The average Bonchev–Trinajstić information content (AvgIpc) is 2.10. The summed E-state index contributed by atoms with van der Waals surface area (Å²) < 4.78 is 15.7. The van der Waals surface area contributed by atoms with Crippen LogP contribution in [0.5, 0.6) is 0 Å². The molecular formula is C9H18FIN2. The molecule has 0 aromatic rings. The van der Waals surface area contributed by atoms with E-state index in [-0.39, 0.29) is 6.04 Å². The maximum atomic E-state index is 13.6. The van der Waals surface area contributed by atoms with E-state index in [0.29, 0.717) is 6.54 Å². The number of nitrogens with zero attached hydrogens (tertiary/aromatic N) is 2. The molecule has 0 radical (unpaired) electrons. The van der Waals surface area contributed by atoms with E-state index >= 15 is 0 Å². The van der Waals surface area contributed by atoms with Crippen LogP contribution in [0.25, 0.3) is 0 Å². The van der Waals surface area contributed by atoms with Crippen molar-refractivity contribution in [2.24, 2.45) is 0 Å². The maximum Gasteiger partial charge on any atom is 0.129 e. The molecule has 1 fully saturated rings. The number of hydrogen-bond acceptors (Lipinski definition) is 2. The van der Waals surface area contributed by atoms with Crippen molar-refractivity contribution < 1.29 is 4.39 Å². The second-order valence-electron chi connectivity index (χ2n) is 3.46. The minimum atomic E-state index is -0.675. The molecule has 0 bridgehead atoms. The lowest BCUT2D eigenvalue weighted by Crippen LogP contribution is -2.50. The van der Waals surface area contributed by atoms with E-state index in [0.717, 1.165) is 26.1 Å². The number of piperidine rings is 1. The molecule has 1 heterocycles. The fourth-order valence-electron chi connectivity index (χ4n) is 1.96. The van der Waals surface area contributed by atoms with Crippen LogP contribution in [0.2, 0.25) is 0 Å². The highest BCUT2D eigenvalue weighted by molar-refractivity contribution is 14.1. The summed E-state index contributed by atoms with van der Waals surface area (Å²) in [4.78, 5) is 2.23. The lowest BCUT2D eigenvalue weighted by Gasteiger charge is -2.37. The summed E-state index contributed by atoms with van der Waals surface area (Å²) in [6.07, 6.45) is 0.289. The van der Waals surface area contributed by atoms with Crippen LogP contribution in [0.1, 0.15) is 20.3 Å². The molecule has 2 unspecified atom stereocenters. The zero-order valence-electron chi connectivity index (χ0n) is 8.34. The molecule has 0 aliphatic carbocycles. The highest BCUT2D eigenvalue weighted by Gasteiger charge is 2.31.